The van der Waals surface area contributed by atoms with E-state index in [-0.39, 0.29) is 11.7 Å². The second-order valence-corrected chi connectivity index (χ2v) is 11.5. The number of likely N-dealkylation sites (tertiary alicyclic amines) is 2. The van der Waals surface area contributed by atoms with Crippen molar-refractivity contribution in [3.63, 3.8) is 0 Å². The van der Waals surface area contributed by atoms with Gasteiger partial charge in [-0.25, -0.2) is 4.52 Å². The highest BCUT2D eigenvalue weighted by molar-refractivity contribution is 7.85. The Morgan fingerprint density at radius 2 is 1.51 bits per heavy atom. The van der Waals surface area contributed by atoms with E-state index >= 15 is 0 Å². The highest BCUT2D eigenvalue weighted by atomic mass is 32.2. The molecule has 0 saturated carbocycles. The molecule has 2 aromatic rings. The lowest BCUT2D eigenvalue weighted by Gasteiger charge is -2.41. The Bertz CT molecular complexity index is 1050. The maximum Gasteiger partial charge on any atom is 0.265 e. The van der Waals surface area contributed by atoms with Crippen LogP contribution in [-0.4, -0.2) is 109 Å². The fourth-order valence-corrected chi connectivity index (χ4v) is 6.10. The van der Waals surface area contributed by atoms with E-state index in [9.17, 15) is 8.42 Å². The van der Waals surface area contributed by atoms with Crippen molar-refractivity contribution in [3.8, 4) is 5.75 Å². The average molecular weight is 509 g/mol. The molecule has 11 heteroatoms. The molecule has 6 heterocycles. The number of aromatic nitrogens is 2. The summed E-state index contributed by atoms with van der Waals surface area (Å²) < 4.78 is 48.5. The lowest BCUT2D eigenvalue weighted by atomic mass is 9.97. The van der Waals surface area contributed by atoms with Crippen LogP contribution in [0.1, 0.15) is 25.7 Å². The molecule has 4 fully saturated rings. The van der Waals surface area contributed by atoms with Crippen molar-refractivity contribution < 1.29 is 27.2 Å². The zero-order valence-electron chi connectivity index (χ0n) is 20.1. The first-order valence-corrected chi connectivity index (χ1v) is 14.2. The maximum atomic E-state index is 10.7. The first-order chi connectivity index (χ1) is 16.9. The molecule has 4 aliphatic rings. The summed E-state index contributed by atoms with van der Waals surface area (Å²) in [5.74, 6) is 0.950. The third kappa shape index (κ3) is 6.72. The SMILES string of the molecule is O=S(=O)(O)CC1CCN(C2COC2)CC1.c1cc2ccc(OC3CCN(C4COC4)CC3)cn2n1. The highest BCUT2D eigenvalue weighted by Gasteiger charge is 2.31. The monoisotopic (exact) mass is 508 g/mol. The minimum atomic E-state index is -3.80. The van der Waals surface area contributed by atoms with E-state index < -0.39 is 10.1 Å². The standard InChI is InChI=1S/C15H19N3O2.C9H17NO4S/c1-2-15(9-18-12(1)3-6-16-18)20-14-4-7-17(8-5-14)13-10-19-11-13;11-15(12,13)7-8-1-3-10(4-2-8)9-5-14-6-9/h1-3,6,9,13-14H,4-5,7-8,10-11H2;8-9H,1-7H2,(H,11,12,13). The lowest BCUT2D eigenvalue weighted by Crippen LogP contribution is -2.52. The van der Waals surface area contributed by atoms with E-state index in [0.29, 0.717) is 18.2 Å². The Labute approximate surface area is 206 Å². The first kappa shape index (κ1) is 24.9. The van der Waals surface area contributed by atoms with Gasteiger partial charge in [0.2, 0.25) is 0 Å². The van der Waals surface area contributed by atoms with Crippen LogP contribution in [0.5, 0.6) is 5.75 Å². The smallest absolute Gasteiger partial charge is 0.265 e. The van der Waals surface area contributed by atoms with Gasteiger partial charge in [-0.15, -0.1) is 0 Å². The molecule has 0 bridgehead atoms. The summed E-state index contributed by atoms with van der Waals surface area (Å²) in [5, 5.41) is 4.24. The Morgan fingerprint density at radius 3 is 2.06 bits per heavy atom. The number of hydrogen-bond acceptors (Lipinski definition) is 8. The predicted octanol–water partition coefficient (Wildman–Crippen LogP) is 1.56. The molecule has 1 N–H and O–H groups in total. The number of pyridine rings is 1. The molecule has 35 heavy (non-hydrogen) atoms. The summed E-state index contributed by atoms with van der Waals surface area (Å²) in [5.41, 5.74) is 1.09. The van der Waals surface area contributed by atoms with Crippen LogP contribution in [0, 0.1) is 5.92 Å². The van der Waals surface area contributed by atoms with Crippen molar-refractivity contribution >= 4 is 15.6 Å². The predicted molar refractivity (Wildman–Crippen MR) is 130 cm³/mol. The minimum absolute atomic E-state index is 0.0813. The molecule has 6 rings (SSSR count). The van der Waals surface area contributed by atoms with Gasteiger partial charge in [-0.3, -0.25) is 14.4 Å². The molecule has 10 nitrogen and oxygen atoms in total. The normalized spacial score (nSPS) is 23.9. The van der Waals surface area contributed by atoms with E-state index in [0.717, 1.165) is 89.6 Å². The van der Waals surface area contributed by atoms with Crippen molar-refractivity contribution in [2.75, 3.05) is 58.4 Å². The number of nitrogens with zero attached hydrogens (tertiary/aromatic N) is 4. The van der Waals surface area contributed by atoms with Crippen molar-refractivity contribution in [2.24, 2.45) is 5.92 Å². The van der Waals surface area contributed by atoms with Crippen LogP contribution in [0.15, 0.2) is 30.6 Å². The quantitative estimate of drug-likeness (QED) is 0.582. The van der Waals surface area contributed by atoms with Gasteiger partial charge in [-0.2, -0.15) is 13.5 Å². The topological polar surface area (TPSA) is 106 Å². The number of fused-ring (bicyclic) bond motifs is 1. The first-order valence-electron chi connectivity index (χ1n) is 12.6. The van der Waals surface area contributed by atoms with Gasteiger partial charge in [0.05, 0.1) is 56.0 Å². The number of ether oxygens (including phenoxy) is 3. The Morgan fingerprint density at radius 1 is 0.914 bits per heavy atom. The van der Waals surface area contributed by atoms with Crippen molar-refractivity contribution in [1.29, 1.82) is 0 Å². The zero-order valence-corrected chi connectivity index (χ0v) is 20.9. The molecule has 4 aliphatic heterocycles. The van der Waals surface area contributed by atoms with Gasteiger partial charge in [-0.05, 0) is 62.9 Å². The summed E-state index contributed by atoms with van der Waals surface area (Å²) in [6.45, 7) is 7.50. The second kappa shape index (κ2) is 11.1. The Balaban J connectivity index is 0.000000152. The molecule has 0 spiro atoms. The number of rotatable bonds is 6. The van der Waals surface area contributed by atoms with Crippen molar-refractivity contribution in [2.45, 2.75) is 43.9 Å². The molecule has 0 atom stereocenters. The summed E-state index contributed by atoms with van der Waals surface area (Å²) >= 11 is 0. The summed E-state index contributed by atoms with van der Waals surface area (Å²) in [6.07, 6.45) is 7.98. The lowest BCUT2D eigenvalue weighted by molar-refractivity contribution is -0.0778. The van der Waals surface area contributed by atoms with Gasteiger partial charge in [0, 0.05) is 19.3 Å². The van der Waals surface area contributed by atoms with Crippen LogP contribution in [-0.2, 0) is 19.6 Å². The summed E-state index contributed by atoms with van der Waals surface area (Å²) in [6, 6.07) is 7.25. The molecular weight excluding hydrogens is 472 g/mol. The third-order valence-electron chi connectivity index (χ3n) is 7.52. The van der Waals surface area contributed by atoms with Crippen LogP contribution in [0.25, 0.3) is 5.52 Å². The van der Waals surface area contributed by atoms with E-state index in [1.54, 1.807) is 6.20 Å². The average Bonchev–Trinajstić information content (AvgIpc) is 3.21. The molecule has 0 aliphatic carbocycles. The molecule has 0 radical (unpaired) electrons. The summed E-state index contributed by atoms with van der Waals surface area (Å²) in [4.78, 5) is 4.88. The molecule has 194 valence electrons. The molecule has 0 unspecified atom stereocenters. The van der Waals surface area contributed by atoms with Crippen molar-refractivity contribution in [3.05, 3.63) is 30.6 Å². The van der Waals surface area contributed by atoms with Crippen LogP contribution in [0.4, 0.5) is 0 Å². The molecular formula is C24H36N4O6S. The number of hydrogen-bond donors (Lipinski definition) is 1. The van der Waals surface area contributed by atoms with E-state index in [1.165, 1.54) is 0 Å². The Kier molecular flexibility index (Phi) is 7.90. The molecule has 0 amide bonds. The van der Waals surface area contributed by atoms with Gasteiger partial charge in [-0.1, -0.05) is 0 Å². The van der Waals surface area contributed by atoms with Gasteiger partial charge in [0.1, 0.15) is 11.9 Å². The van der Waals surface area contributed by atoms with Gasteiger partial charge in [0.15, 0.2) is 0 Å². The van der Waals surface area contributed by atoms with E-state index in [4.69, 9.17) is 18.8 Å². The van der Waals surface area contributed by atoms with Crippen LogP contribution < -0.4 is 4.74 Å². The van der Waals surface area contributed by atoms with Gasteiger partial charge < -0.3 is 14.2 Å². The van der Waals surface area contributed by atoms with Crippen LogP contribution in [0.2, 0.25) is 0 Å². The van der Waals surface area contributed by atoms with Crippen LogP contribution >= 0.6 is 0 Å². The van der Waals surface area contributed by atoms with Gasteiger partial charge in [0.25, 0.3) is 10.1 Å². The minimum Gasteiger partial charge on any atom is -0.489 e. The number of piperidine rings is 2. The Hall–Kier alpha value is -1.76. The fraction of sp³-hybridized carbons (Fsp3) is 0.708. The fourth-order valence-electron chi connectivity index (χ4n) is 5.17. The molecule has 4 saturated heterocycles. The largest absolute Gasteiger partial charge is 0.489 e. The van der Waals surface area contributed by atoms with E-state index in [1.807, 2.05) is 28.9 Å². The van der Waals surface area contributed by atoms with Gasteiger partial charge >= 0.3 is 0 Å². The maximum absolute atomic E-state index is 10.7. The highest BCUT2D eigenvalue weighted by Crippen LogP contribution is 2.23. The van der Waals surface area contributed by atoms with E-state index in [2.05, 4.69) is 14.9 Å². The second-order valence-electron chi connectivity index (χ2n) is 10.0. The molecule has 0 aromatic carbocycles. The zero-order chi connectivity index (χ0) is 24.3. The molecule has 2 aromatic heterocycles. The third-order valence-corrected chi connectivity index (χ3v) is 8.41. The van der Waals surface area contributed by atoms with Crippen molar-refractivity contribution in [1.82, 2.24) is 19.4 Å². The summed E-state index contributed by atoms with van der Waals surface area (Å²) in [7, 11) is -3.80. The van der Waals surface area contributed by atoms with Crippen LogP contribution in [0.3, 0.4) is 0 Å².